The molecule has 1 aliphatic heterocycles. The molecular formula is C9H14N4O3S. The molecule has 1 fully saturated rings. The monoisotopic (exact) mass is 258 g/mol. The summed E-state index contributed by atoms with van der Waals surface area (Å²) in [6.45, 7) is 4.56. The minimum Gasteiger partial charge on any atom is -0.348 e. The second-order valence-corrected chi connectivity index (χ2v) is 4.86. The molecule has 0 aliphatic carbocycles. The summed E-state index contributed by atoms with van der Waals surface area (Å²) in [5, 5.41) is 13.0. The number of carbonyl (C=O) groups excluding carboxylic acids is 1. The third-order valence-electron chi connectivity index (χ3n) is 2.14. The van der Waals surface area contributed by atoms with Gasteiger partial charge in [0.2, 0.25) is 5.13 Å². The van der Waals surface area contributed by atoms with Gasteiger partial charge in [0.05, 0.1) is 6.61 Å². The smallest absolute Gasteiger partial charge is 0.321 e. The summed E-state index contributed by atoms with van der Waals surface area (Å²) in [6, 6.07) is -0.324. The summed E-state index contributed by atoms with van der Waals surface area (Å²) in [7, 11) is 0. The van der Waals surface area contributed by atoms with Crippen molar-refractivity contribution in [3.63, 3.8) is 0 Å². The van der Waals surface area contributed by atoms with Crippen LogP contribution >= 0.6 is 11.3 Å². The highest BCUT2D eigenvalue weighted by Gasteiger charge is 2.32. The molecule has 0 radical (unpaired) electrons. The topological polar surface area (TPSA) is 85.4 Å². The van der Waals surface area contributed by atoms with E-state index in [0.29, 0.717) is 18.3 Å². The van der Waals surface area contributed by atoms with Gasteiger partial charge in [-0.05, 0) is 13.8 Å². The van der Waals surface area contributed by atoms with Crippen molar-refractivity contribution < 1.29 is 14.3 Å². The van der Waals surface area contributed by atoms with Crippen LogP contribution in [0.2, 0.25) is 0 Å². The zero-order valence-electron chi connectivity index (χ0n) is 9.60. The zero-order valence-corrected chi connectivity index (χ0v) is 10.4. The summed E-state index contributed by atoms with van der Waals surface area (Å²) in [4.78, 5) is 11.4. The highest BCUT2D eigenvalue weighted by Crippen LogP contribution is 2.21. The maximum Gasteiger partial charge on any atom is 0.321 e. The van der Waals surface area contributed by atoms with Gasteiger partial charge in [-0.15, -0.1) is 10.2 Å². The molecule has 1 aromatic rings. The van der Waals surface area contributed by atoms with Gasteiger partial charge in [-0.1, -0.05) is 11.3 Å². The van der Waals surface area contributed by atoms with Crippen molar-refractivity contribution in [2.75, 3.05) is 18.5 Å². The largest absolute Gasteiger partial charge is 0.348 e. The Bertz CT molecular complexity index is 382. The van der Waals surface area contributed by atoms with E-state index in [4.69, 9.17) is 9.47 Å². The number of hydrogen-bond donors (Lipinski definition) is 2. The Morgan fingerprint density at radius 3 is 3.12 bits per heavy atom. The molecule has 0 saturated carbocycles. The van der Waals surface area contributed by atoms with Crippen LogP contribution in [0.25, 0.3) is 0 Å². The maximum absolute atomic E-state index is 11.4. The molecular weight excluding hydrogens is 244 g/mol. The Labute approximate surface area is 103 Å². The fraction of sp³-hybridized carbons (Fsp3) is 0.667. The lowest BCUT2D eigenvalue weighted by atomic mass is 10.4. The molecule has 1 aromatic heterocycles. The molecule has 2 rings (SSSR count). The van der Waals surface area contributed by atoms with Crippen molar-refractivity contribution in [3.05, 3.63) is 5.51 Å². The predicted molar refractivity (Wildman–Crippen MR) is 61.8 cm³/mol. The van der Waals surface area contributed by atoms with Gasteiger partial charge in [0.25, 0.3) is 0 Å². The van der Waals surface area contributed by atoms with Crippen LogP contribution in [0, 0.1) is 0 Å². The molecule has 17 heavy (non-hydrogen) atoms. The van der Waals surface area contributed by atoms with Crippen LogP contribution in [-0.2, 0) is 9.47 Å². The molecule has 0 bridgehead atoms. The second kappa shape index (κ2) is 4.94. The standard InChI is InChI=1S/C9H14N4O3S/c1-9(2)15-4-6(16-9)3-10-7(14)12-8-13-11-5-17-8/h5-6H,3-4H2,1-2H3,(H2,10,12,13,14)/t6-/m0/s1. The van der Waals surface area contributed by atoms with Crippen LogP contribution in [0.5, 0.6) is 0 Å². The first-order valence-corrected chi connectivity index (χ1v) is 6.06. The van der Waals surface area contributed by atoms with Crippen LogP contribution in [0.4, 0.5) is 9.93 Å². The number of anilines is 1. The van der Waals surface area contributed by atoms with E-state index in [2.05, 4.69) is 20.8 Å². The summed E-state index contributed by atoms with van der Waals surface area (Å²) in [6.07, 6.45) is -0.120. The molecule has 1 saturated heterocycles. The van der Waals surface area contributed by atoms with Crippen molar-refractivity contribution in [2.45, 2.75) is 25.7 Å². The first kappa shape index (κ1) is 12.2. The molecule has 1 aliphatic rings. The Balaban J connectivity index is 1.70. The van der Waals surface area contributed by atoms with E-state index in [9.17, 15) is 4.79 Å². The third-order valence-corrected chi connectivity index (χ3v) is 2.74. The highest BCUT2D eigenvalue weighted by molar-refractivity contribution is 7.13. The lowest BCUT2D eigenvalue weighted by Crippen LogP contribution is -2.37. The van der Waals surface area contributed by atoms with E-state index in [-0.39, 0.29) is 12.1 Å². The number of nitrogens with zero attached hydrogens (tertiary/aromatic N) is 2. The van der Waals surface area contributed by atoms with E-state index < -0.39 is 5.79 Å². The molecule has 2 N–H and O–H groups in total. The molecule has 8 heteroatoms. The summed E-state index contributed by atoms with van der Waals surface area (Å²) in [5.74, 6) is -0.567. The van der Waals surface area contributed by atoms with Crippen molar-refractivity contribution >= 4 is 22.5 Å². The van der Waals surface area contributed by atoms with Gasteiger partial charge in [0.15, 0.2) is 5.79 Å². The SMILES string of the molecule is CC1(C)OC[C@H](CNC(=O)Nc2nncs2)O1. The Morgan fingerprint density at radius 2 is 2.53 bits per heavy atom. The van der Waals surface area contributed by atoms with Crippen LogP contribution in [-0.4, -0.2) is 41.3 Å². The molecule has 7 nitrogen and oxygen atoms in total. The quantitative estimate of drug-likeness (QED) is 0.838. The Hall–Kier alpha value is -1.25. The van der Waals surface area contributed by atoms with Crippen molar-refractivity contribution in [1.29, 1.82) is 0 Å². The maximum atomic E-state index is 11.4. The van der Waals surface area contributed by atoms with Gasteiger partial charge in [-0.3, -0.25) is 5.32 Å². The average molecular weight is 258 g/mol. The predicted octanol–water partition coefficient (Wildman–Crippen LogP) is 0.811. The van der Waals surface area contributed by atoms with Crippen LogP contribution in [0.15, 0.2) is 5.51 Å². The van der Waals surface area contributed by atoms with Gasteiger partial charge in [-0.2, -0.15) is 0 Å². The number of rotatable bonds is 3. The van der Waals surface area contributed by atoms with Gasteiger partial charge in [-0.25, -0.2) is 4.79 Å². The lowest BCUT2D eigenvalue weighted by Gasteiger charge is -2.17. The number of ether oxygens (including phenoxy) is 2. The van der Waals surface area contributed by atoms with E-state index in [0.717, 1.165) is 0 Å². The van der Waals surface area contributed by atoms with Gasteiger partial charge in [0, 0.05) is 6.54 Å². The number of amides is 2. The number of aromatic nitrogens is 2. The normalized spacial score (nSPS) is 22.4. The van der Waals surface area contributed by atoms with E-state index in [1.165, 1.54) is 11.3 Å². The van der Waals surface area contributed by atoms with E-state index in [1.807, 2.05) is 13.8 Å². The molecule has 2 heterocycles. The molecule has 0 unspecified atom stereocenters. The summed E-state index contributed by atoms with van der Waals surface area (Å²) >= 11 is 1.26. The van der Waals surface area contributed by atoms with Gasteiger partial charge < -0.3 is 14.8 Å². The first-order chi connectivity index (χ1) is 8.05. The minimum absolute atomic E-state index is 0.120. The molecule has 0 aromatic carbocycles. The first-order valence-electron chi connectivity index (χ1n) is 5.18. The lowest BCUT2D eigenvalue weighted by molar-refractivity contribution is -0.137. The van der Waals surface area contributed by atoms with Gasteiger partial charge in [0.1, 0.15) is 11.6 Å². The average Bonchev–Trinajstić information content (AvgIpc) is 2.85. The van der Waals surface area contributed by atoms with Crippen molar-refractivity contribution in [3.8, 4) is 0 Å². The fourth-order valence-electron chi connectivity index (χ4n) is 1.44. The number of hydrogen-bond acceptors (Lipinski definition) is 6. The number of carbonyl (C=O) groups is 1. The molecule has 0 spiro atoms. The molecule has 94 valence electrons. The van der Waals surface area contributed by atoms with Crippen LogP contribution < -0.4 is 10.6 Å². The zero-order chi connectivity index (χ0) is 12.3. The minimum atomic E-state index is -0.567. The van der Waals surface area contributed by atoms with Gasteiger partial charge >= 0.3 is 6.03 Å². The number of nitrogens with one attached hydrogen (secondary N) is 2. The molecule has 1 atom stereocenters. The summed E-state index contributed by atoms with van der Waals surface area (Å²) in [5.41, 5.74) is 1.55. The van der Waals surface area contributed by atoms with E-state index >= 15 is 0 Å². The van der Waals surface area contributed by atoms with Crippen LogP contribution in [0.3, 0.4) is 0 Å². The second-order valence-electron chi connectivity index (χ2n) is 4.03. The third kappa shape index (κ3) is 3.62. The fourth-order valence-corrected chi connectivity index (χ4v) is 1.88. The van der Waals surface area contributed by atoms with Crippen molar-refractivity contribution in [2.24, 2.45) is 0 Å². The Kier molecular flexibility index (Phi) is 3.55. The molecule has 2 amide bonds. The Morgan fingerprint density at radius 1 is 1.71 bits per heavy atom. The summed E-state index contributed by atoms with van der Waals surface area (Å²) < 4.78 is 10.9. The van der Waals surface area contributed by atoms with Crippen molar-refractivity contribution in [1.82, 2.24) is 15.5 Å². The van der Waals surface area contributed by atoms with E-state index in [1.54, 1.807) is 5.51 Å². The van der Waals surface area contributed by atoms with Crippen LogP contribution in [0.1, 0.15) is 13.8 Å². The number of urea groups is 1. The highest BCUT2D eigenvalue weighted by atomic mass is 32.1.